The first kappa shape index (κ1) is 18.4. The van der Waals surface area contributed by atoms with Crippen LogP contribution in [0.4, 0.5) is 4.79 Å². The first-order valence-corrected chi connectivity index (χ1v) is 9.31. The van der Waals surface area contributed by atoms with Gasteiger partial charge in [0, 0.05) is 23.0 Å². The zero-order valence-corrected chi connectivity index (χ0v) is 15.3. The van der Waals surface area contributed by atoms with E-state index in [-0.39, 0.29) is 17.9 Å². The maximum absolute atomic E-state index is 12.4. The van der Waals surface area contributed by atoms with E-state index in [2.05, 4.69) is 15.5 Å². The highest BCUT2D eigenvalue weighted by Crippen LogP contribution is 2.31. The van der Waals surface area contributed by atoms with E-state index in [1.165, 1.54) is 18.4 Å². The van der Waals surface area contributed by atoms with Crippen LogP contribution in [0, 0.1) is 5.92 Å². The summed E-state index contributed by atoms with van der Waals surface area (Å²) in [6.45, 7) is 1.77. The van der Waals surface area contributed by atoms with Crippen LogP contribution in [0.2, 0.25) is 0 Å². The molecule has 0 bridgehead atoms. The van der Waals surface area contributed by atoms with Gasteiger partial charge in [-0.15, -0.1) is 11.3 Å². The number of ether oxygens (including phenoxy) is 1. The second-order valence-corrected chi connectivity index (χ2v) is 7.36. The Morgan fingerprint density at radius 1 is 1.38 bits per heavy atom. The summed E-state index contributed by atoms with van der Waals surface area (Å²) in [5, 5.41) is 7.45. The minimum absolute atomic E-state index is 0.109. The predicted octanol–water partition coefficient (Wildman–Crippen LogP) is 0.726. The van der Waals surface area contributed by atoms with Crippen LogP contribution >= 0.6 is 11.3 Å². The van der Waals surface area contributed by atoms with Gasteiger partial charge in [-0.3, -0.25) is 9.69 Å². The third kappa shape index (κ3) is 3.88. The highest BCUT2D eigenvalue weighted by atomic mass is 32.1. The van der Waals surface area contributed by atoms with Crippen LogP contribution in [0.15, 0.2) is 28.8 Å². The van der Waals surface area contributed by atoms with Crippen molar-refractivity contribution in [1.29, 1.82) is 0 Å². The average molecular weight is 378 g/mol. The van der Waals surface area contributed by atoms with Crippen LogP contribution in [0.25, 0.3) is 0 Å². The fourth-order valence-electron chi connectivity index (χ4n) is 3.36. The molecule has 26 heavy (non-hydrogen) atoms. The Morgan fingerprint density at radius 2 is 2.12 bits per heavy atom. The number of carbonyl (C=O) groups excluding carboxylic acids is 3. The molecule has 1 saturated heterocycles. The van der Waals surface area contributed by atoms with Gasteiger partial charge in [0.2, 0.25) is 5.91 Å². The van der Waals surface area contributed by atoms with Crippen LogP contribution in [0.5, 0.6) is 0 Å². The Labute approximate surface area is 155 Å². The maximum Gasteiger partial charge on any atom is 0.338 e. The summed E-state index contributed by atoms with van der Waals surface area (Å²) in [4.78, 5) is 38.9. The van der Waals surface area contributed by atoms with Crippen LogP contribution < -0.4 is 16.4 Å². The van der Waals surface area contributed by atoms with Gasteiger partial charge in [0.1, 0.15) is 0 Å². The van der Waals surface area contributed by atoms with Gasteiger partial charge in [0.05, 0.1) is 18.7 Å². The quantitative estimate of drug-likeness (QED) is 0.654. The van der Waals surface area contributed by atoms with Crippen molar-refractivity contribution in [3.8, 4) is 0 Å². The zero-order valence-electron chi connectivity index (χ0n) is 14.5. The van der Waals surface area contributed by atoms with Gasteiger partial charge in [-0.05, 0) is 37.4 Å². The minimum Gasteiger partial charge on any atom is -0.466 e. The summed E-state index contributed by atoms with van der Waals surface area (Å²) < 4.78 is 4.96. The van der Waals surface area contributed by atoms with Gasteiger partial charge in [-0.25, -0.2) is 9.59 Å². The van der Waals surface area contributed by atoms with Crippen molar-refractivity contribution in [3.05, 3.63) is 33.7 Å². The molecule has 0 aromatic carbocycles. The molecule has 1 aromatic rings. The van der Waals surface area contributed by atoms with E-state index in [4.69, 9.17) is 10.5 Å². The molecule has 1 atom stereocenters. The van der Waals surface area contributed by atoms with E-state index < -0.39 is 12.0 Å². The van der Waals surface area contributed by atoms with Crippen molar-refractivity contribution >= 4 is 29.2 Å². The number of nitrogens with one attached hydrogen (secondary N) is 2. The van der Waals surface area contributed by atoms with E-state index in [0.717, 1.165) is 4.88 Å². The van der Waals surface area contributed by atoms with Crippen LogP contribution in [0.1, 0.15) is 23.8 Å². The number of amides is 3. The maximum atomic E-state index is 12.4. The minimum atomic E-state index is -0.533. The molecule has 3 heterocycles. The fourth-order valence-corrected chi connectivity index (χ4v) is 4.15. The van der Waals surface area contributed by atoms with Crippen molar-refractivity contribution in [2.24, 2.45) is 11.7 Å². The molecular weight excluding hydrogens is 356 g/mol. The standard InChI is InChI=1S/C17H22N4O4S/c1-25-16(23)13-11(9-21-6-4-10(5-7-21)15(18)22)19-17(24)20-14(13)12-3-2-8-26-12/h2-3,8,10,14H,4-7,9H2,1H3,(H2,18,22)(H2,19,20,24)/t14-/m1/s1. The van der Waals surface area contributed by atoms with Gasteiger partial charge < -0.3 is 21.1 Å². The smallest absolute Gasteiger partial charge is 0.338 e. The summed E-state index contributed by atoms with van der Waals surface area (Å²) >= 11 is 1.47. The van der Waals surface area contributed by atoms with E-state index in [0.29, 0.717) is 43.7 Å². The molecule has 3 rings (SSSR count). The number of rotatable bonds is 5. The number of esters is 1. The third-order valence-electron chi connectivity index (χ3n) is 4.76. The summed E-state index contributed by atoms with van der Waals surface area (Å²) in [5.41, 5.74) is 6.32. The van der Waals surface area contributed by atoms with Crippen molar-refractivity contribution in [1.82, 2.24) is 15.5 Å². The number of hydrogen-bond donors (Lipinski definition) is 3. The van der Waals surface area contributed by atoms with Crippen molar-refractivity contribution in [2.75, 3.05) is 26.7 Å². The number of nitrogens with two attached hydrogens (primary N) is 1. The molecule has 0 saturated carbocycles. The fraction of sp³-hybridized carbons (Fsp3) is 0.471. The molecule has 0 spiro atoms. The molecule has 2 aliphatic heterocycles. The van der Waals surface area contributed by atoms with E-state index >= 15 is 0 Å². The molecule has 0 unspecified atom stereocenters. The third-order valence-corrected chi connectivity index (χ3v) is 5.70. The predicted molar refractivity (Wildman–Crippen MR) is 96.1 cm³/mol. The van der Waals surface area contributed by atoms with E-state index in [1.54, 1.807) is 0 Å². The van der Waals surface area contributed by atoms with E-state index in [9.17, 15) is 14.4 Å². The number of thiophene rings is 1. The number of methoxy groups -OCH3 is 1. The van der Waals surface area contributed by atoms with Crippen LogP contribution in [-0.2, 0) is 14.3 Å². The monoisotopic (exact) mass is 378 g/mol. The first-order valence-electron chi connectivity index (χ1n) is 8.43. The number of piperidine rings is 1. The average Bonchev–Trinajstić information content (AvgIpc) is 3.15. The lowest BCUT2D eigenvalue weighted by atomic mass is 9.95. The van der Waals surface area contributed by atoms with Gasteiger partial charge >= 0.3 is 12.0 Å². The molecule has 0 radical (unpaired) electrons. The van der Waals surface area contributed by atoms with Gasteiger partial charge in [-0.2, -0.15) is 0 Å². The summed E-state index contributed by atoms with van der Waals surface area (Å²) in [6, 6.07) is 2.87. The van der Waals surface area contributed by atoms with Crippen LogP contribution in [0.3, 0.4) is 0 Å². The second kappa shape index (κ2) is 7.88. The molecule has 1 aromatic heterocycles. The molecule has 9 heteroatoms. The Hall–Kier alpha value is -2.39. The highest BCUT2D eigenvalue weighted by Gasteiger charge is 2.35. The Balaban J connectivity index is 1.84. The Morgan fingerprint density at radius 3 is 2.69 bits per heavy atom. The summed E-state index contributed by atoms with van der Waals surface area (Å²) in [7, 11) is 1.33. The lowest BCUT2D eigenvalue weighted by Crippen LogP contribution is -2.49. The molecule has 8 nitrogen and oxygen atoms in total. The number of hydrogen-bond acceptors (Lipinski definition) is 6. The Bertz CT molecular complexity index is 723. The number of urea groups is 1. The highest BCUT2D eigenvalue weighted by molar-refractivity contribution is 7.10. The SMILES string of the molecule is COC(=O)C1=C(CN2CCC(C(N)=O)CC2)NC(=O)N[C@@H]1c1cccs1. The first-order chi connectivity index (χ1) is 12.5. The molecule has 1 fully saturated rings. The van der Waals surface area contributed by atoms with Gasteiger partial charge in [0.25, 0.3) is 0 Å². The van der Waals surface area contributed by atoms with Crippen molar-refractivity contribution < 1.29 is 19.1 Å². The normalized spacial score (nSPS) is 21.9. The molecule has 0 aliphatic carbocycles. The molecular formula is C17H22N4O4S. The van der Waals surface area contributed by atoms with Gasteiger partial charge in [0.15, 0.2) is 0 Å². The molecule has 2 aliphatic rings. The lowest BCUT2D eigenvalue weighted by Gasteiger charge is -2.34. The van der Waals surface area contributed by atoms with Crippen molar-refractivity contribution in [2.45, 2.75) is 18.9 Å². The second-order valence-electron chi connectivity index (χ2n) is 6.38. The number of nitrogens with zero attached hydrogens (tertiary/aromatic N) is 1. The van der Waals surface area contributed by atoms with Crippen molar-refractivity contribution in [3.63, 3.8) is 0 Å². The van der Waals surface area contributed by atoms with E-state index in [1.807, 2.05) is 17.5 Å². The number of primary amides is 1. The summed E-state index contributed by atoms with van der Waals surface area (Å²) in [6.07, 6.45) is 1.35. The molecule has 3 amide bonds. The largest absolute Gasteiger partial charge is 0.466 e. The van der Waals surface area contributed by atoms with Crippen LogP contribution in [-0.4, -0.2) is 49.6 Å². The molecule has 4 N–H and O–H groups in total. The number of carbonyl (C=O) groups is 3. The topological polar surface area (TPSA) is 114 Å². The molecule has 140 valence electrons. The zero-order chi connectivity index (χ0) is 18.7. The number of likely N-dealkylation sites (tertiary alicyclic amines) is 1. The van der Waals surface area contributed by atoms with Gasteiger partial charge in [-0.1, -0.05) is 6.07 Å². The lowest BCUT2D eigenvalue weighted by molar-refractivity contribution is -0.136. The summed E-state index contributed by atoms with van der Waals surface area (Å²) in [5.74, 6) is -0.855. The Kier molecular flexibility index (Phi) is 5.58.